The number of hydrogen-bond acceptors (Lipinski definition) is 8. The molecular weight excluding hydrogens is 622 g/mol. The van der Waals surface area contributed by atoms with Crippen molar-refractivity contribution in [3.63, 3.8) is 0 Å². The number of carboxylic acids is 1. The van der Waals surface area contributed by atoms with Gasteiger partial charge in [0.25, 0.3) is 0 Å². The molecule has 2 aliphatic heterocycles. The van der Waals surface area contributed by atoms with Crippen molar-refractivity contribution in [1.82, 2.24) is 24.6 Å². The number of hydrogen-bond donors (Lipinski definition) is 1. The molecule has 9 nitrogen and oxygen atoms in total. The van der Waals surface area contributed by atoms with Gasteiger partial charge in [-0.3, -0.25) is 9.58 Å². The van der Waals surface area contributed by atoms with E-state index >= 15 is 0 Å². The molecule has 0 radical (unpaired) electrons. The number of fused-ring (bicyclic) bond motifs is 2. The summed E-state index contributed by atoms with van der Waals surface area (Å²) in [6, 6.07) is 13.2. The second kappa shape index (κ2) is 12.0. The Morgan fingerprint density at radius 3 is 2.52 bits per heavy atom. The van der Waals surface area contributed by atoms with E-state index in [1.165, 1.54) is 11.3 Å². The van der Waals surface area contributed by atoms with Crippen LogP contribution in [0.4, 0.5) is 0 Å². The van der Waals surface area contributed by atoms with Crippen molar-refractivity contribution in [2.45, 2.75) is 64.2 Å². The van der Waals surface area contributed by atoms with Crippen LogP contribution >= 0.6 is 22.9 Å². The highest BCUT2D eigenvalue weighted by Crippen LogP contribution is 2.44. The minimum atomic E-state index is -2.46. The molecule has 0 aliphatic carbocycles. The lowest BCUT2D eigenvalue weighted by Gasteiger charge is -2.41. The molecule has 46 heavy (non-hydrogen) atoms. The molecule has 5 aromatic rings. The molecule has 2 fully saturated rings. The van der Waals surface area contributed by atoms with E-state index in [4.69, 9.17) is 35.2 Å². The summed E-state index contributed by atoms with van der Waals surface area (Å²) in [7, 11) is 0. The number of aromatic nitrogens is 4. The Morgan fingerprint density at radius 2 is 1.89 bits per heavy atom. The fourth-order valence-corrected chi connectivity index (χ4v) is 7.76. The van der Waals surface area contributed by atoms with Gasteiger partial charge in [0.05, 0.1) is 52.0 Å². The zero-order valence-electron chi connectivity index (χ0n) is 29.2. The highest BCUT2D eigenvalue weighted by atomic mass is 35.5. The maximum Gasteiger partial charge on any atom is 0.337 e. The highest BCUT2D eigenvalue weighted by molar-refractivity contribution is 7.22. The lowest BCUT2D eigenvalue weighted by molar-refractivity contribution is -0.160. The third kappa shape index (κ3) is 5.82. The summed E-state index contributed by atoms with van der Waals surface area (Å²) in [6.07, 6.45) is 0.473. The van der Waals surface area contributed by atoms with Crippen molar-refractivity contribution in [2.24, 2.45) is 6.98 Å². The van der Waals surface area contributed by atoms with E-state index in [-0.39, 0.29) is 5.92 Å². The van der Waals surface area contributed by atoms with Gasteiger partial charge in [-0.05, 0) is 95.1 Å². The second-order valence-corrected chi connectivity index (χ2v) is 14.6. The van der Waals surface area contributed by atoms with Gasteiger partial charge in [-0.1, -0.05) is 23.7 Å². The maximum atomic E-state index is 12.7. The quantitative estimate of drug-likeness (QED) is 0.192. The number of benzene rings is 2. The summed E-state index contributed by atoms with van der Waals surface area (Å²) in [5.41, 5.74) is 5.07. The minimum absolute atomic E-state index is 0.0685. The van der Waals surface area contributed by atoms with Crippen LogP contribution < -0.4 is 0 Å². The van der Waals surface area contributed by atoms with Crippen molar-refractivity contribution < 1.29 is 23.5 Å². The summed E-state index contributed by atoms with van der Waals surface area (Å²) in [5.74, 6) is -1.02. The molecule has 2 saturated heterocycles. The van der Waals surface area contributed by atoms with Crippen LogP contribution in [0.25, 0.3) is 43.1 Å². The molecule has 0 bridgehead atoms. The van der Waals surface area contributed by atoms with Crippen LogP contribution in [0.5, 0.6) is 0 Å². The molecule has 2 aliphatic rings. The Balaban J connectivity index is 1.36. The molecule has 11 heteroatoms. The van der Waals surface area contributed by atoms with Gasteiger partial charge >= 0.3 is 5.97 Å². The number of aryl methyl sites for hydroxylation is 2. The fraction of sp³-hybridized carbons (Fsp3) is 0.429. The zero-order chi connectivity index (χ0) is 34.8. The molecule has 3 aromatic heterocycles. The molecule has 2 aromatic carbocycles. The number of piperidine rings is 1. The number of likely N-dealkylation sites (tertiary alicyclic amines) is 1. The van der Waals surface area contributed by atoms with Gasteiger partial charge in [0, 0.05) is 33.2 Å². The maximum absolute atomic E-state index is 12.7. The second-order valence-electron chi connectivity index (χ2n) is 13.2. The van der Waals surface area contributed by atoms with E-state index in [0.29, 0.717) is 55.1 Å². The van der Waals surface area contributed by atoms with Crippen molar-refractivity contribution >= 4 is 50.2 Å². The molecule has 0 spiro atoms. The van der Waals surface area contributed by atoms with Gasteiger partial charge in [0.1, 0.15) is 10.5 Å². The monoisotopic (exact) mass is 662 g/mol. The van der Waals surface area contributed by atoms with Crippen LogP contribution in [0.3, 0.4) is 0 Å². The van der Waals surface area contributed by atoms with Crippen molar-refractivity contribution in [1.29, 1.82) is 0 Å². The Bertz CT molecular complexity index is 2050. The zero-order valence-corrected chi connectivity index (χ0v) is 27.8. The topological polar surface area (TPSA) is 103 Å². The molecule has 0 amide bonds. The molecule has 0 saturated carbocycles. The van der Waals surface area contributed by atoms with Gasteiger partial charge in [-0.25, -0.2) is 14.8 Å². The summed E-state index contributed by atoms with van der Waals surface area (Å²) in [5, 5.41) is 16.3. The van der Waals surface area contributed by atoms with Crippen LogP contribution in [-0.2, 0) is 21.2 Å². The number of ether oxygens (including phenoxy) is 2. The number of aliphatic carboxylic acids is 1. The van der Waals surface area contributed by atoms with E-state index in [1.54, 1.807) is 24.3 Å². The molecular formula is C35H38ClN5O4S. The number of nitrogens with zero attached hydrogens (tertiary/aromatic N) is 5. The van der Waals surface area contributed by atoms with Crippen LogP contribution in [-0.4, -0.2) is 73.7 Å². The van der Waals surface area contributed by atoms with Crippen LogP contribution in [0.2, 0.25) is 5.02 Å². The number of carbonyl (C=O) groups is 1. The number of halogens is 1. The van der Waals surface area contributed by atoms with Gasteiger partial charge < -0.3 is 14.6 Å². The molecule has 5 heterocycles. The first-order valence-corrected chi connectivity index (χ1v) is 16.7. The minimum Gasteiger partial charge on any atom is -0.479 e. The summed E-state index contributed by atoms with van der Waals surface area (Å²) >= 11 is 7.67. The number of rotatable bonds is 7. The lowest BCUT2D eigenvalue weighted by atomic mass is 9.91. The Labute approximate surface area is 281 Å². The van der Waals surface area contributed by atoms with Gasteiger partial charge in [-0.2, -0.15) is 5.10 Å². The van der Waals surface area contributed by atoms with Crippen molar-refractivity contribution in [3.8, 4) is 21.8 Å². The molecule has 1 unspecified atom stereocenters. The van der Waals surface area contributed by atoms with Gasteiger partial charge in [0.15, 0.2) is 6.10 Å². The SMILES string of the molecule is [2H]C([2H])([2H])n1nc(C2CCN(C3COC3)CC2)c2nc(-c3nc4cc(C)c(C(OC(C)(C)C)C(=O)O)c(-c5ccc(Cl)cc5)c4s3)ccc21. The normalized spacial score (nSPS) is 18.8. The predicted octanol–water partition coefficient (Wildman–Crippen LogP) is 7.39. The molecule has 7 rings (SSSR count). The number of thiazole rings is 1. The van der Waals surface area contributed by atoms with Gasteiger partial charge in [0.2, 0.25) is 0 Å². The third-order valence-corrected chi connectivity index (χ3v) is 10.2. The summed E-state index contributed by atoms with van der Waals surface area (Å²) in [4.78, 5) is 25.2. The van der Waals surface area contributed by atoms with Gasteiger partial charge in [-0.15, -0.1) is 11.3 Å². The number of pyridine rings is 1. The summed E-state index contributed by atoms with van der Waals surface area (Å²) < 4.78 is 38.0. The predicted molar refractivity (Wildman–Crippen MR) is 182 cm³/mol. The summed E-state index contributed by atoms with van der Waals surface area (Å²) in [6.45, 7) is 8.22. The Kier molecular flexibility index (Phi) is 7.22. The first kappa shape index (κ1) is 27.7. The van der Waals surface area contributed by atoms with Crippen molar-refractivity contribution in [3.05, 3.63) is 64.3 Å². The van der Waals surface area contributed by atoms with E-state index in [1.807, 2.05) is 45.9 Å². The van der Waals surface area contributed by atoms with Crippen molar-refractivity contribution in [2.75, 3.05) is 26.3 Å². The largest absolute Gasteiger partial charge is 0.479 e. The first-order chi connectivity index (χ1) is 23.2. The Hall–Kier alpha value is -3.41. The van der Waals surface area contributed by atoms with E-state index in [9.17, 15) is 9.90 Å². The van der Waals surface area contributed by atoms with Crippen LogP contribution in [0.15, 0.2) is 42.5 Å². The molecule has 1 atom stereocenters. The number of carboxylic acid groups (broad SMARTS) is 1. The average molecular weight is 663 g/mol. The first-order valence-electron chi connectivity index (χ1n) is 17.0. The lowest BCUT2D eigenvalue weighted by Crippen LogP contribution is -2.51. The van der Waals surface area contributed by atoms with E-state index in [2.05, 4.69) is 10.00 Å². The van der Waals surface area contributed by atoms with E-state index in [0.717, 1.165) is 59.7 Å². The molecule has 1 N–H and O–H groups in total. The third-order valence-electron chi connectivity index (χ3n) is 8.84. The standard InChI is InChI=1S/C35H38ClN5O4S/c1-19-16-25-32(28(20-6-8-22(36)9-7-20)27(19)31(34(42)43)45-35(2,3)4)46-33(38-25)24-10-11-26-30(37-24)29(39-40(26)5)21-12-14-41(15-13-21)23-17-44-18-23/h6-11,16,21,23,31H,12-15,17-18H2,1-5H3,(H,42,43)/i5D3. The Morgan fingerprint density at radius 1 is 1.15 bits per heavy atom. The van der Waals surface area contributed by atoms with Crippen LogP contribution in [0.1, 0.15) is 66.6 Å². The van der Waals surface area contributed by atoms with Crippen LogP contribution in [0, 0.1) is 6.92 Å². The fourth-order valence-electron chi connectivity index (χ4n) is 6.53. The highest BCUT2D eigenvalue weighted by Gasteiger charge is 2.34. The average Bonchev–Trinajstić information content (AvgIpc) is 3.60. The smallest absolute Gasteiger partial charge is 0.337 e. The van der Waals surface area contributed by atoms with E-state index < -0.39 is 24.7 Å². The molecule has 240 valence electrons.